The number of carbonyl (C=O) groups excluding carboxylic acids is 1. The van der Waals surface area contributed by atoms with Crippen molar-refractivity contribution in [3.05, 3.63) is 12.2 Å². The highest BCUT2D eigenvalue weighted by molar-refractivity contribution is 5.66. The van der Waals surface area contributed by atoms with Gasteiger partial charge < -0.3 is 14.9 Å². The number of carbonyl (C=O) groups is 1. The van der Waals surface area contributed by atoms with Crippen LogP contribution >= 0.6 is 0 Å². The van der Waals surface area contributed by atoms with Crippen LogP contribution in [0.25, 0.3) is 0 Å². The Morgan fingerprint density at radius 2 is 1.88 bits per heavy atom. The third kappa shape index (κ3) is 2.12. The molecule has 3 saturated carbocycles. The number of hydrogen-bond acceptors (Lipinski definition) is 4. The SMILES string of the molecule is CC(=O)OC1C2(C)C=CC13C(O)CC1C(C)(CO)CCCC1(C)C3CC2. The summed E-state index contributed by atoms with van der Waals surface area (Å²) in [6.45, 7) is 8.40. The molecule has 0 amide bonds. The molecule has 0 saturated heterocycles. The number of esters is 1. The quantitative estimate of drug-likeness (QED) is 0.583. The fourth-order valence-corrected chi connectivity index (χ4v) is 7.73. The summed E-state index contributed by atoms with van der Waals surface area (Å²) >= 11 is 0. The topological polar surface area (TPSA) is 66.8 Å². The molecule has 4 rings (SSSR count). The van der Waals surface area contributed by atoms with E-state index in [2.05, 4.69) is 32.9 Å². The molecule has 0 radical (unpaired) electrons. The number of ether oxygens (including phenoxy) is 1. The summed E-state index contributed by atoms with van der Waals surface area (Å²) in [5, 5.41) is 21.6. The Morgan fingerprint density at radius 1 is 1.15 bits per heavy atom. The Labute approximate surface area is 157 Å². The van der Waals surface area contributed by atoms with Crippen molar-refractivity contribution in [3.8, 4) is 0 Å². The lowest BCUT2D eigenvalue weighted by molar-refractivity contribution is -0.241. The second-order valence-corrected chi connectivity index (χ2v) is 10.4. The van der Waals surface area contributed by atoms with Crippen molar-refractivity contribution in [2.75, 3.05) is 6.61 Å². The van der Waals surface area contributed by atoms with Crippen molar-refractivity contribution >= 4 is 5.97 Å². The molecule has 0 aliphatic heterocycles. The van der Waals surface area contributed by atoms with Gasteiger partial charge in [-0.1, -0.05) is 39.3 Å². The van der Waals surface area contributed by atoms with Gasteiger partial charge in [0.15, 0.2) is 0 Å². The van der Waals surface area contributed by atoms with Crippen molar-refractivity contribution in [2.24, 2.45) is 33.5 Å². The molecule has 8 atom stereocenters. The van der Waals surface area contributed by atoms with Gasteiger partial charge in [0, 0.05) is 18.9 Å². The highest BCUT2D eigenvalue weighted by Gasteiger charge is 2.71. The van der Waals surface area contributed by atoms with E-state index in [1.807, 2.05) is 0 Å². The highest BCUT2D eigenvalue weighted by Crippen LogP contribution is 2.72. The van der Waals surface area contributed by atoms with Crippen molar-refractivity contribution in [1.82, 2.24) is 0 Å². The third-order valence-corrected chi connectivity index (χ3v) is 8.96. The maximum Gasteiger partial charge on any atom is 0.302 e. The van der Waals surface area contributed by atoms with Crippen LogP contribution in [0.3, 0.4) is 0 Å². The van der Waals surface area contributed by atoms with Crippen LogP contribution in [0.5, 0.6) is 0 Å². The smallest absolute Gasteiger partial charge is 0.302 e. The lowest BCUT2D eigenvalue weighted by Crippen LogP contribution is -2.67. The van der Waals surface area contributed by atoms with Crippen LogP contribution in [-0.4, -0.2) is 35.0 Å². The van der Waals surface area contributed by atoms with Gasteiger partial charge in [-0.25, -0.2) is 0 Å². The van der Waals surface area contributed by atoms with Gasteiger partial charge in [0.05, 0.1) is 11.5 Å². The van der Waals surface area contributed by atoms with Gasteiger partial charge in [0.2, 0.25) is 0 Å². The normalized spacial score (nSPS) is 55.2. The predicted molar refractivity (Wildman–Crippen MR) is 99.2 cm³/mol. The summed E-state index contributed by atoms with van der Waals surface area (Å²) in [6.07, 6.45) is 9.59. The first-order chi connectivity index (χ1) is 12.1. The molecule has 0 aromatic rings. The van der Waals surface area contributed by atoms with Crippen molar-refractivity contribution in [3.63, 3.8) is 0 Å². The molecule has 1 spiro atoms. The van der Waals surface area contributed by atoms with E-state index in [1.54, 1.807) is 0 Å². The Hall–Kier alpha value is -0.870. The third-order valence-electron chi connectivity index (χ3n) is 8.96. The molecular weight excluding hydrogens is 328 g/mol. The van der Waals surface area contributed by atoms with Crippen molar-refractivity contribution in [1.29, 1.82) is 0 Å². The lowest BCUT2D eigenvalue weighted by atomic mass is 9.39. The summed E-state index contributed by atoms with van der Waals surface area (Å²) in [6, 6.07) is 0. The number of aliphatic hydroxyl groups is 2. The Balaban J connectivity index is 1.82. The molecule has 8 unspecified atom stereocenters. The molecule has 4 aliphatic carbocycles. The van der Waals surface area contributed by atoms with Gasteiger partial charge in [-0.05, 0) is 54.8 Å². The zero-order chi connectivity index (χ0) is 19.0. The number of hydrogen-bond donors (Lipinski definition) is 2. The largest absolute Gasteiger partial charge is 0.461 e. The second kappa shape index (κ2) is 5.57. The molecule has 0 aromatic heterocycles. The first-order valence-electron chi connectivity index (χ1n) is 10.3. The van der Waals surface area contributed by atoms with Crippen molar-refractivity contribution < 1.29 is 19.7 Å². The van der Waals surface area contributed by atoms with Crippen LogP contribution in [0, 0.1) is 33.5 Å². The average molecular weight is 363 g/mol. The summed E-state index contributed by atoms with van der Waals surface area (Å²) in [4.78, 5) is 11.9. The van der Waals surface area contributed by atoms with Crippen LogP contribution in [0.15, 0.2) is 12.2 Å². The summed E-state index contributed by atoms with van der Waals surface area (Å²) < 4.78 is 5.90. The van der Waals surface area contributed by atoms with E-state index in [0.29, 0.717) is 12.3 Å². The molecule has 146 valence electrons. The standard InChI is InChI=1S/C22H34O4/c1-14(24)26-18-19(2)9-6-15-21(4)8-5-7-20(3,13-23)16(21)12-17(25)22(15,18)11-10-19/h10-11,15-18,23,25H,5-9,12-13H2,1-4H3. The number of aliphatic hydroxyl groups excluding tert-OH is 2. The monoisotopic (exact) mass is 362 g/mol. The zero-order valence-corrected chi connectivity index (χ0v) is 16.6. The van der Waals surface area contributed by atoms with E-state index in [9.17, 15) is 15.0 Å². The number of rotatable bonds is 2. The molecular formula is C22H34O4. The Morgan fingerprint density at radius 3 is 2.54 bits per heavy atom. The van der Waals surface area contributed by atoms with E-state index in [-0.39, 0.29) is 40.8 Å². The maximum absolute atomic E-state index is 11.9. The minimum absolute atomic E-state index is 0.0589. The van der Waals surface area contributed by atoms with Gasteiger partial charge in [-0.2, -0.15) is 0 Å². The van der Waals surface area contributed by atoms with Gasteiger partial charge in [0.25, 0.3) is 0 Å². The summed E-state index contributed by atoms with van der Waals surface area (Å²) in [7, 11) is 0. The molecule has 4 aliphatic rings. The maximum atomic E-state index is 11.9. The van der Waals surface area contributed by atoms with Crippen LogP contribution in [0.2, 0.25) is 0 Å². The molecule has 0 heterocycles. The Kier molecular flexibility index (Phi) is 3.96. The van der Waals surface area contributed by atoms with Crippen molar-refractivity contribution in [2.45, 2.75) is 78.4 Å². The van der Waals surface area contributed by atoms with E-state index >= 15 is 0 Å². The van der Waals surface area contributed by atoms with Gasteiger partial charge in [0.1, 0.15) is 6.10 Å². The van der Waals surface area contributed by atoms with Crippen LogP contribution < -0.4 is 0 Å². The fourth-order valence-electron chi connectivity index (χ4n) is 7.73. The van der Waals surface area contributed by atoms with E-state index in [1.165, 1.54) is 6.92 Å². The predicted octanol–water partition coefficient (Wildman–Crippen LogP) is 3.46. The molecule has 4 heteroatoms. The minimum atomic E-state index is -0.530. The van der Waals surface area contributed by atoms with Crippen LogP contribution in [-0.2, 0) is 9.53 Å². The minimum Gasteiger partial charge on any atom is -0.461 e. The highest BCUT2D eigenvalue weighted by atomic mass is 16.5. The lowest BCUT2D eigenvalue weighted by Gasteiger charge is -2.67. The Bertz CT molecular complexity index is 644. The molecule has 4 nitrogen and oxygen atoms in total. The van der Waals surface area contributed by atoms with E-state index in [4.69, 9.17) is 4.74 Å². The van der Waals surface area contributed by atoms with Crippen LogP contribution in [0.1, 0.15) is 66.2 Å². The van der Waals surface area contributed by atoms with E-state index < -0.39 is 11.5 Å². The molecule has 2 N–H and O–H groups in total. The van der Waals surface area contributed by atoms with Gasteiger partial charge >= 0.3 is 5.97 Å². The van der Waals surface area contributed by atoms with Crippen LogP contribution in [0.4, 0.5) is 0 Å². The van der Waals surface area contributed by atoms with E-state index in [0.717, 1.165) is 32.1 Å². The summed E-state index contributed by atoms with van der Waals surface area (Å²) in [5.74, 6) is 0.329. The average Bonchev–Trinajstić information content (AvgIpc) is 2.74. The zero-order valence-electron chi connectivity index (χ0n) is 16.6. The summed E-state index contributed by atoms with van der Waals surface area (Å²) in [5.41, 5.74) is -0.724. The second-order valence-electron chi connectivity index (χ2n) is 10.4. The van der Waals surface area contributed by atoms with Gasteiger partial charge in [-0.3, -0.25) is 4.79 Å². The number of fused-ring (bicyclic) bond motifs is 3. The van der Waals surface area contributed by atoms with Gasteiger partial charge in [-0.15, -0.1) is 0 Å². The first-order valence-corrected chi connectivity index (χ1v) is 10.3. The molecule has 0 aromatic carbocycles. The molecule has 3 fully saturated rings. The molecule has 2 bridgehead atoms. The molecule has 26 heavy (non-hydrogen) atoms. The first kappa shape index (κ1) is 18.5. The fraction of sp³-hybridized carbons (Fsp3) is 0.864.